The number of carbonyl (C=O) groups is 1. The first-order valence-corrected chi connectivity index (χ1v) is 32.8. The van der Waals surface area contributed by atoms with Crippen molar-refractivity contribution in [3.63, 3.8) is 0 Å². The number of unbranched alkanes of at least 4 members (excludes halogenated alkanes) is 41. The van der Waals surface area contributed by atoms with Gasteiger partial charge < -0.3 is 15.5 Å². The number of aliphatic hydroxyl groups is 2. The topological polar surface area (TPSA) is 69.6 Å². The zero-order valence-corrected chi connectivity index (χ0v) is 49.6. The van der Waals surface area contributed by atoms with Crippen molar-refractivity contribution in [1.29, 1.82) is 0 Å². The van der Waals surface area contributed by atoms with Crippen molar-refractivity contribution in [2.24, 2.45) is 0 Å². The third-order valence-electron chi connectivity index (χ3n) is 14.9. The molecule has 4 heteroatoms. The van der Waals surface area contributed by atoms with Gasteiger partial charge in [0.25, 0.3) is 0 Å². The Hall–Kier alpha value is -2.43. The van der Waals surface area contributed by atoms with Gasteiger partial charge in [0, 0.05) is 6.42 Å². The molecule has 0 saturated heterocycles. The van der Waals surface area contributed by atoms with E-state index in [1.165, 1.54) is 250 Å². The number of carbonyl (C=O) groups excluding carboxylic acids is 1. The summed E-state index contributed by atoms with van der Waals surface area (Å²) in [6.45, 7) is 4.22. The van der Waals surface area contributed by atoms with Crippen molar-refractivity contribution >= 4 is 5.91 Å². The normalized spacial score (nSPS) is 13.3. The molecule has 0 aromatic heterocycles. The molecule has 2 atom stereocenters. The molecule has 0 fully saturated rings. The van der Waals surface area contributed by atoms with Crippen molar-refractivity contribution in [2.45, 2.75) is 347 Å². The van der Waals surface area contributed by atoms with Crippen LogP contribution in [0.25, 0.3) is 0 Å². The van der Waals surface area contributed by atoms with Crippen molar-refractivity contribution in [2.75, 3.05) is 6.61 Å². The van der Waals surface area contributed by atoms with Crippen LogP contribution in [0.4, 0.5) is 0 Å². The standard InChI is InChI=1S/C70H127NO3/c1-3-5-7-9-11-13-15-17-19-21-23-25-27-29-31-33-34-35-36-38-40-42-44-46-48-50-52-54-56-58-60-62-64-66-70(74)71-68(67-72)69(73)65-63-61-59-57-55-53-51-49-47-45-43-41-39-37-32-30-28-26-24-22-20-18-16-14-12-10-8-6-4-2/h5,7,11,13,17,19,23,25,29,31,34-35,63,65,68-69,72-73H,3-4,6,8-10,12,14-16,18,20-22,24,26-28,30,32-33,36-62,64,66-67H2,1-2H3,(H,71,74)/b7-5-,13-11-,19-17-,25-23-,31-29-,35-34-,65-63+. The van der Waals surface area contributed by atoms with Crippen LogP contribution in [-0.2, 0) is 4.79 Å². The Morgan fingerprint density at radius 2 is 0.595 bits per heavy atom. The molecular formula is C70H127NO3. The lowest BCUT2D eigenvalue weighted by molar-refractivity contribution is -0.123. The molecule has 0 saturated carbocycles. The number of rotatable bonds is 60. The first-order chi connectivity index (χ1) is 36.7. The summed E-state index contributed by atoms with van der Waals surface area (Å²) in [5.74, 6) is -0.0630. The molecular weight excluding hydrogens is 903 g/mol. The van der Waals surface area contributed by atoms with Gasteiger partial charge in [-0.2, -0.15) is 0 Å². The quantitative estimate of drug-likeness (QED) is 0.0420. The van der Waals surface area contributed by atoms with E-state index in [9.17, 15) is 15.0 Å². The molecule has 0 aliphatic heterocycles. The van der Waals surface area contributed by atoms with Crippen molar-refractivity contribution in [1.82, 2.24) is 5.32 Å². The third-order valence-corrected chi connectivity index (χ3v) is 14.9. The molecule has 0 radical (unpaired) electrons. The molecule has 3 N–H and O–H groups in total. The Labute approximate surface area is 462 Å². The van der Waals surface area contributed by atoms with Gasteiger partial charge >= 0.3 is 0 Å². The maximum Gasteiger partial charge on any atom is 0.220 e. The van der Waals surface area contributed by atoms with Gasteiger partial charge in [-0.15, -0.1) is 0 Å². The Morgan fingerprint density at radius 1 is 0.338 bits per heavy atom. The Bertz CT molecular complexity index is 1310. The molecule has 0 heterocycles. The highest BCUT2D eigenvalue weighted by molar-refractivity contribution is 5.76. The number of hydrogen-bond donors (Lipinski definition) is 3. The number of hydrogen-bond acceptors (Lipinski definition) is 3. The van der Waals surface area contributed by atoms with Gasteiger partial charge in [0.15, 0.2) is 0 Å². The Morgan fingerprint density at radius 3 is 0.892 bits per heavy atom. The van der Waals surface area contributed by atoms with Gasteiger partial charge in [-0.1, -0.05) is 343 Å². The molecule has 74 heavy (non-hydrogen) atoms. The fraction of sp³-hybridized carbons (Fsp3) is 0.786. The van der Waals surface area contributed by atoms with E-state index in [1.54, 1.807) is 6.08 Å². The zero-order chi connectivity index (χ0) is 53.4. The minimum absolute atomic E-state index is 0.0630. The average molecular weight is 1030 g/mol. The van der Waals surface area contributed by atoms with Crippen LogP contribution in [0.5, 0.6) is 0 Å². The van der Waals surface area contributed by atoms with Crippen LogP contribution in [0.2, 0.25) is 0 Å². The highest BCUT2D eigenvalue weighted by Gasteiger charge is 2.18. The fourth-order valence-corrected chi connectivity index (χ4v) is 9.95. The summed E-state index contributed by atoms with van der Waals surface area (Å²) in [6, 6.07) is -0.628. The number of amides is 1. The lowest BCUT2D eigenvalue weighted by atomic mass is 10.0. The zero-order valence-electron chi connectivity index (χ0n) is 49.6. The molecule has 1 amide bonds. The smallest absolute Gasteiger partial charge is 0.220 e. The van der Waals surface area contributed by atoms with Crippen LogP contribution in [0.15, 0.2) is 85.1 Å². The molecule has 0 aromatic carbocycles. The van der Waals surface area contributed by atoms with E-state index in [-0.39, 0.29) is 12.5 Å². The van der Waals surface area contributed by atoms with Gasteiger partial charge in [0.05, 0.1) is 18.8 Å². The van der Waals surface area contributed by atoms with E-state index in [1.807, 2.05) is 6.08 Å². The Balaban J connectivity index is 3.49. The van der Waals surface area contributed by atoms with Crippen molar-refractivity contribution in [3.8, 4) is 0 Å². The summed E-state index contributed by atoms with van der Waals surface area (Å²) in [4.78, 5) is 12.5. The molecule has 0 aliphatic rings. The molecule has 4 nitrogen and oxygen atoms in total. The van der Waals surface area contributed by atoms with Gasteiger partial charge in [-0.05, 0) is 70.6 Å². The lowest BCUT2D eigenvalue weighted by Crippen LogP contribution is -2.45. The summed E-state index contributed by atoms with van der Waals surface area (Å²) < 4.78 is 0. The SMILES string of the molecule is CC/C=C\C/C=C\C/C=C\C/C=C\C/C=C\C/C=C\CCCCCCCCCCCCCCCCC(=O)NC(CO)C(O)/C=C/CCCCCCCCCCCCCCCCCCCCCCCCCCCCC. The average Bonchev–Trinajstić information content (AvgIpc) is 3.40. The molecule has 2 unspecified atom stereocenters. The van der Waals surface area contributed by atoms with Gasteiger partial charge in [0.1, 0.15) is 0 Å². The van der Waals surface area contributed by atoms with E-state index in [2.05, 4.69) is 92.1 Å². The number of allylic oxidation sites excluding steroid dienone is 13. The molecule has 0 spiro atoms. The molecule has 0 aliphatic carbocycles. The van der Waals surface area contributed by atoms with Crippen LogP contribution in [0, 0.1) is 0 Å². The minimum Gasteiger partial charge on any atom is -0.394 e. The van der Waals surface area contributed by atoms with E-state index in [4.69, 9.17) is 0 Å². The Kier molecular flexibility index (Phi) is 62.7. The first kappa shape index (κ1) is 71.6. The minimum atomic E-state index is -0.845. The highest BCUT2D eigenvalue weighted by atomic mass is 16.3. The van der Waals surface area contributed by atoms with Gasteiger partial charge in [0.2, 0.25) is 5.91 Å². The fourth-order valence-electron chi connectivity index (χ4n) is 9.95. The third kappa shape index (κ3) is 60.4. The summed E-state index contributed by atoms with van der Waals surface area (Å²) in [5, 5.41) is 23.3. The second-order valence-electron chi connectivity index (χ2n) is 22.2. The van der Waals surface area contributed by atoms with Gasteiger partial charge in [-0.25, -0.2) is 0 Å². The second kappa shape index (κ2) is 64.9. The number of nitrogens with one attached hydrogen (secondary N) is 1. The maximum absolute atomic E-state index is 12.5. The largest absolute Gasteiger partial charge is 0.394 e. The summed E-state index contributed by atoms with van der Waals surface area (Å²) in [5.41, 5.74) is 0. The first-order valence-electron chi connectivity index (χ1n) is 32.8. The predicted molar refractivity (Wildman–Crippen MR) is 331 cm³/mol. The lowest BCUT2D eigenvalue weighted by Gasteiger charge is -2.20. The van der Waals surface area contributed by atoms with Crippen LogP contribution in [0.3, 0.4) is 0 Å². The molecule has 0 bridgehead atoms. The van der Waals surface area contributed by atoms with Crippen LogP contribution >= 0.6 is 0 Å². The monoisotopic (exact) mass is 1030 g/mol. The predicted octanol–water partition coefficient (Wildman–Crippen LogP) is 22.3. The van der Waals surface area contributed by atoms with E-state index in [0.29, 0.717) is 6.42 Å². The molecule has 430 valence electrons. The molecule has 0 rings (SSSR count). The van der Waals surface area contributed by atoms with Crippen LogP contribution < -0.4 is 5.32 Å². The van der Waals surface area contributed by atoms with Crippen molar-refractivity contribution in [3.05, 3.63) is 85.1 Å². The van der Waals surface area contributed by atoms with E-state index < -0.39 is 12.1 Å². The van der Waals surface area contributed by atoms with E-state index >= 15 is 0 Å². The van der Waals surface area contributed by atoms with E-state index in [0.717, 1.165) is 64.2 Å². The molecule has 0 aromatic rings. The second-order valence-corrected chi connectivity index (χ2v) is 22.2. The van der Waals surface area contributed by atoms with Crippen LogP contribution in [0.1, 0.15) is 335 Å². The van der Waals surface area contributed by atoms with Crippen LogP contribution in [-0.4, -0.2) is 34.9 Å². The summed E-state index contributed by atoms with van der Waals surface area (Å²) >= 11 is 0. The number of aliphatic hydroxyl groups excluding tert-OH is 2. The summed E-state index contributed by atoms with van der Waals surface area (Å²) in [7, 11) is 0. The maximum atomic E-state index is 12.5. The summed E-state index contributed by atoms with van der Waals surface area (Å²) in [6.07, 6.45) is 95.0. The van der Waals surface area contributed by atoms with Crippen molar-refractivity contribution < 1.29 is 15.0 Å². The highest BCUT2D eigenvalue weighted by Crippen LogP contribution is 2.18. The van der Waals surface area contributed by atoms with Gasteiger partial charge in [-0.3, -0.25) is 4.79 Å².